The van der Waals surface area contributed by atoms with E-state index in [0.717, 1.165) is 7.11 Å². The summed E-state index contributed by atoms with van der Waals surface area (Å²) in [5, 5.41) is 49.6. The Hall–Kier alpha value is -2.01. The van der Waals surface area contributed by atoms with Crippen LogP contribution in [0.2, 0.25) is 0 Å². The van der Waals surface area contributed by atoms with Gasteiger partial charge in [0.25, 0.3) is 0 Å². The molecule has 0 bridgehead atoms. The van der Waals surface area contributed by atoms with Gasteiger partial charge >= 0.3 is 5.63 Å². The maximum atomic E-state index is 12.4. The smallest absolute Gasteiger partial charge is 0.345 e. The molecule has 5 atom stereocenters. The fraction of sp³-hybridized carbons (Fsp3) is 0.438. The molecular formula is C16H18O9. The summed E-state index contributed by atoms with van der Waals surface area (Å²) in [6.45, 7) is -0.678. The molecule has 0 spiro atoms. The minimum Gasteiger partial charge on any atom is -0.508 e. The van der Waals surface area contributed by atoms with E-state index in [1.54, 1.807) is 0 Å². The molecule has 2 aromatic rings. The number of aromatic hydroxyl groups is 1. The van der Waals surface area contributed by atoms with Gasteiger partial charge < -0.3 is 39.4 Å². The first kappa shape index (κ1) is 17.8. The molecule has 2 heterocycles. The molecule has 0 radical (unpaired) electrons. The monoisotopic (exact) mass is 354 g/mol. The zero-order chi connectivity index (χ0) is 18.4. The third-order valence-corrected chi connectivity index (χ3v) is 4.35. The van der Waals surface area contributed by atoms with Gasteiger partial charge in [0.15, 0.2) is 0 Å². The predicted molar refractivity (Wildman–Crippen MR) is 82.8 cm³/mol. The van der Waals surface area contributed by atoms with Crippen LogP contribution in [-0.2, 0) is 15.3 Å². The van der Waals surface area contributed by atoms with E-state index in [4.69, 9.17) is 13.9 Å². The highest BCUT2D eigenvalue weighted by Crippen LogP contribution is 2.38. The van der Waals surface area contributed by atoms with Gasteiger partial charge in [0.2, 0.25) is 5.79 Å². The van der Waals surface area contributed by atoms with E-state index in [1.165, 1.54) is 24.3 Å². The highest BCUT2D eigenvalue weighted by Gasteiger charge is 2.56. The van der Waals surface area contributed by atoms with E-state index >= 15 is 0 Å². The summed E-state index contributed by atoms with van der Waals surface area (Å²) < 4.78 is 15.8. The maximum absolute atomic E-state index is 12.4. The number of aliphatic hydroxyl groups excluding tert-OH is 4. The minimum absolute atomic E-state index is 0.0994. The number of hydrogen-bond donors (Lipinski definition) is 5. The Kier molecular flexibility index (Phi) is 4.54. The molecule has 25 heavy (non-hydrogen) atoms. The second-order valence-electron chi connectivity index (χ2n) is 5.81. The molecule has 1 aromatic carbocycles. The number of aliphatic hydroxyl groups is 4. The number of methoxy groups -OCH3 is 1. The van der Waals surface area contributed by atoms with Crippen molar-refractivity contribution in [1.29, 1.82) is 0 Å². The fourth-order valence-corrected chi connectivity index (χ4v) is 2.99. The molecule has 1 aliphatic rings. The highest BCUT2D eigenvalue weighted by molar-refractivity contribution is 5.78. The zero-order valence-corrected chi connectivity index (χ0v) is 13.2. The summed E-state index contributed by atoms with van der Waals surface area (Å²) in [4.78, 5) is 12.4. The van der Waals surface area contributed by atoms with E-state index < -0.39 is 42.4 Å². The van der Waals surface area contributed by atoms with Gasteiger partial charge in [-0.1, -0.05) is 0 Å². The largest absolute Gasteiger partial charge is 0.508 e. The second-order valence-corrected chi connectivity index (χ2v) is 5.81. The first-order valence-electron chi connectivity index (χ1n) is 7.49. The third-order valence-electron chi connectivity index (χ3n) is 4.35. The van der Waals surface area contributed by atoms with Crippen LogP contribution in [0.4, 0.5) is 0 Å². The van der Waals surface area contributed by atoms with Crippen molar-refractivity contribution in [3.8, 4) is 5.75 Å². The molecule has 1 aromatic heterocycles. The first-order chi connectivity index (χ1) is 11.8. The molecule has 1 fully saturated rings. The highest BCUT2D eigenvalue weighted by atomic mass is 16.7. The van der Waals surface area contributed by atoms with Gasteiger partial charge in [-0.05, 0) is 18.2 Å². The quantitative estimate of drug-likeness (QED) is 0.427. The summed E-state index contributed by atoms with van der Waals surface area (Å²) in [6, 6.07) is 5.42. The van der Waals surface area contributed by atoms with E-state index in [0.29, 0.717) is 5.39 Å². The van der Waals surface area contributed by atoms with Crippen molar-refractivity contribution in [2.75, 3.05) is 13.7 Å². The average Bonchev–Trinajstić information content (AvgIpc) is 2.60. The van der Waals surface area contributed by atoms with Gasteiger partial charge in [0.05, 0.1) is 6.61 Å². The number of phenolic OH excluding ortho intramolecular Hbond substituents is 1. The molecule has 0 saturated carbocycles. The van der Waals surface area contributed by atoms with Crippen molar-refractivity contribution in [1.82, 2.24) is 0 Å². The van der Waals surface area contributed by atoms with Crippen LogP contribution in [0.5, 0.6) is 5.75 Å². The molecule has 9 nitrogen and oxygen atoms in total. The van der Waals surface area contributed by atoms with Gasteiger partial charge in [-0.25, -0.2) is 4.79 Å². The molecule has 0 amide bonds. The van der Waals surface area contributed by atoms with Crippen LogP contribution in [-0.4, -0.2) is 63.7 Å². The number of hydrogen-bond acceptors (Lipinski definition) is 9. The van der Waals surface area contributed by atoms with E-state index in [-0.39, 0.29) is 16.9 Å². The average molecular weight is 354 g/mol. The van der Waals surface area contributed by atoms with Crippen LogP contribution in [0, 0.1) is 0 Å². The third kappa shape index (κ3) is 2.71. The second kappa shape index (κ2) is 6.37. The van der Waals surface area contributed by atoms with Gasteiger partial charge in [0.1, 0.15) is 41.3 Å². The zero-order valence-electron chi connectivity index (χ0n) is 13.2. The molecule has 9 heteroatoms. The number of ether oxygens (including phenoxy) is 2. The van der Waals surface area contributed by atoms with Crippen molar-refractivity contribution >= 4 is 11.0 Å². The van der Waals surface area contributed by atoms with E-state index in [2.05, 4.69) is 0 Å². The Balaban J connectivity index is 2.20. The van der Waals surface area contributed by atoms with Crippen molar-refractivity contribution in [3.63, 3.8) is 0 Å². The molecule has 0 aliphatic carbocycles. The Morgan fingerprint density at radius 3 is 2.56 bits per heavy atom. The summed E-state index contributed by atoms with van der Waals surface area (Å²) in [6.07, 6.45) is -6.44. The van der Waals surface area contributed by atoms with E-state index in [9.17, 15) is 30.3 Å². The SMILES string of the molecule is COC1(c2cc3ccc(O)cc3oc2=O)O[C@H](CO)[C@H](O)[C@H](O)[C@H]1O. The molecule has 5 N–H and O–H groups in total. The topological polar surface area (TPSA) is 150 Å². The molecule has 136 valence electrons. The number of phenols is 1. The van der Waals surface area contributed by atoms with Gasteiger partial charge in [-0.3, -0.25) is 0 Å². The Labute approximate surface area is 141 Å². The summed E-state index contributed by atoms with van der Waals surface area (Å²) in [7, 11) is 1.14. The standard InChI is InChI=1S/C16H18O9/c1-23-16(14(21)13(20)12(19)11(6-17)25-16)9-4-7-2-3-8(18)5-10(7)24-15(9)22/h2-5,11-14,17-21H,6H2,1H3/t11-,12+,13+,14-,16?/m1/s1. The lowest BCUT2D eigenvalue weighted by atomic mass is 9.88. The summed E-state index contributed by atoms with van der Waals surface area (Å²) in [5.41, 5.74) is -1.09. The Morgan fingerprint density at radius 1 is 1.20 bits per heavy atom. The molecule has 3 rings (SSSR count). The normalized spacial score (nSPS) is 32.8. The summed E-state index contributed by atoms with van der Waals surface area (Å²) in [5.74, 6) is -2.25. The van der Waals surface area contributed by atoms with Crippen molar-refractivity contribution in [2.24, 2.45) is 0 Å². The van der Waals surface area contributed by atoms with Gasteiger partial charge in [-0.2, -0.15) is 0 Å². The van der Waals surface area contributed by atoms with Crippen LogP contribution >= 0.6 is 0 Å². The first-order valence-corrected chi connectivity index (χ1v) is 7.49. The summed E-state index contributed by atoms with van der Waals surface area (Å²) >= 11 is 0. The van der Waals surface area contributed by atoms with Crippen LogP contribution in [0.1, 0.15) is 5.56 Å². The molecule has 1 saturated heterocycles. The van der Waals surface area contributed by atoms with E-state index in [1.807, 2.05) is 0 Å². The van der Waals surface area contributed by atoms with Crippen molar-refractivity contribution in [3.05, 3.63) is 40.2 Å². The van der Waals surface area contributed by atoms with Crippen LogP contribution in [0.25, 0.3) is 11.0 Å². The lowest BCUT2D eigenvalue weighted by molar-refractivity contribution is -0.367. The molecule has 1 aliphatic heterocycles. The Morgan fingerprint density at radius 2 is 1.92 bits per heavy atom. The van der Waals surface area contributed by atoms with Gasteiger partial charge in [0, 0.05) is 18.6 Å². The molecule has 1 unspecified atom stereocenters. The fourth-order valence-electron chi connectivity index (χ4n) is 2.99. The number of fused-ring (bicyclic) bond motifs is 1. The van der Waals surface area contributed by atoms with Crippen molar-refractivity contribution < 1.29 is 39.4 Å². The maximum Gasteiger partial charge on any atom is 0.345 e. The lowest BCUT2D eigenvalue weighted by Gasteiger charge is -2.46. The Bertz CT molecular complexity index is 830. The van der Waals surface area contributed by atoms with Crippen LogP contribution in [0.15, 0.2) is 33.5 Å². The minimum atomic E-state index is -2.15. The predicted octanol–water partition coefficient (Wildman–Crippen LogP) is -1.23. The van der Waals surface area contributed by atoms with Crippen LogP contribution in [0.3, 0.4) is 0 Å². The van der Waals surface area contributed by atoms with Crippen LogP contribution < -0.4 is 5.63 Å². The van der Waals surface area contributed by atoms with Crippen molar-refractivity contribution in [2.45, 2.75) is 30.2 Å². The van der Waals surface area contributed by atoms with Gasteiger partial charge in [-0.15, -0.1) is 0 Å². The molecular weight excluding hydrogens is 336 g/mol. The number of rotatable bonds is 3. The number of benzene rings is 1. The lowest BCUT2D eigenvalue weighted by Crippen LogP contribution is -2.65.